The number of nitrogens with zero attached hydrogens (tertiary/aromatic N) is 3. The Hall–Kier alpha value is -3.63. The summed E-state index contributed by atoms with van der Waals surface area (Å²) in [6, 6.07) is 6.24. The Morgan fingerprint density at radius 3 is 2.61 bits per heavy atom. The number of aromatic amines is 1. The molecule has 2 aliphatic rings. The van der Waals surface area contributed by atoms with Crippen LogP contribution in [0.4, 0.5) is 19.0 Å². The van der Waals surface area contributed by atoms with E-state index in [2.05, 4.69) is 20.7 Å². The van der Waals surface area contributed by atoms with Gasteiger partial charge < -0.3 is 14.7 Å². The van der Waals surface area contributed by atoms with Gasteiger partial charge in [-0.2, -0.15) is 18.3 Å². The molecule has 1 atom stereocenters. The molecule has 3 aromatic rings. The highest BCUT2D eigenvalue weighted by Gasteiger charge is 2.51. The Morgan fingerprint density at radius 2 is 1.95 bits per heavy atom. The molecule has 1 saturated heterocycles. The van der Waals surface area contributed by atoms with E-state index < -0.39 is 17.2 Å². The first-order chi connectivity index (χ1) is 18.1. The molecular weight excluding hydrogens is 499 g/mol. The van der Waals surface area contributed by atoms with Crippen LogP contribution in [0.5, 0.6) is 0 Å². The lowest BCUT2D eigenvalue weighted by Crippen LogP contribution is -2.39. The van der Waals surface area contributed by atoms with E-state index in [-0.39, 0.29) is 17.9 Å². The van der Waals surface area contributed by atoms with Gasteiger partial charge in [0.05, 0.1) is 28.4 Å². The molecular formula is C27H30F3N5O3. The van der Waals surface area contributed by atoms with Gasteiger partial charge in [-0.25, -0.2) is 0 Å². The quantitative estimate of drug-likeness (QED) is 0.408. The number of halogens is 3. The summed E-state index contributed by atoms with van der Waals surface area (Å²) in [6.07, 6.45) is 0.679. The number of aryl methyl sites for hydroxylation is 2. The van der Waals surface area contributed by atoms with E-state index in [9.17, 15) is 22.8 Å². The topological polar surface area (TPSA) is 104 Å². The number of hydrogen-bond donors (Lipinski definition) is 2. The molecule has 1 aliphatic carbocycles. The maximum Gasteiger partial charge on any atom is 0.416 e. The minimum atomic E-state index is -4.43. The van der Waals surface area contributed by atoms with Crippen molar-refractivity contribution in [2.24, 2.45) is 0 Å². The Kier molecular flexibility index (Phi) is 6.79. The number of aromatic nitrogens is 3. The van der Waals surface area contributed by atoms with Gasteiger partial charge in [0, 0.05) is 19.0 Å². The first-order valence-electron chi connectivity index (χ1n) is 12.9. The molecule has 1 unspecified atom stereocenters. The van der Waals surface area contributed by atoms with Crippen LogP contribution >= 0.6 is 0 Å². The molecule has 0 spiro atoms. The predicted molar refractivity (Wildman–Crippen MR) is 132 cm³/mol. The molecule has 2 amide bonds. The van der Waals surface area contributed by atoms with Crippen molar-refractivity contribution in [2.75, 3.05) is 11.9 Å². The van der Waals surface area contributed by atoms with Gasteiger partial charge in [-0.15, -0.1) is 0 Å². The van der Waals surface area contributed by atoms with E-state index in [1.165, 1.54) is 12.1 Å². The van der Waals surface area contributed by atoms with E-state index >= 15 is 0 Å². The molecule has 3 heterocycles. The number of alkyl halides is 3. The zero-order valence-corrected chi connectivity index (χ0v) is 21.3. The van der Waals surface area contributed by atoms with Crippen molar-refractivity contribution in [3.05, 3.63) is 64.2 Å². The third-order valence-corrected chi connectivity index (χ3v) is 7.54. The number of likely N-dealkylation sites (tertiary alicyclic amines) is 1. The standard InChI is InChI=1S/C27H30F3N5O3/c1-3-6-21-23(16(2)34-38-21)24(36)35-14-5-4-7-20(35)19-15-22(33-32-19)31-25(37)26(12-13-26)17-8-10-18(11-9-17)27(28,29)30/h8-11,15,20H,3-7,12-14H2,1-2H3,(H2,31,32,33,37). The van der Waals surface area contributed by atoms with E-state index in [1.807, 2.05) is 11.8 Å². The summed E-state index contributed by atoms with van der Waals surface area (Å²) < 4.78 is 44.2. The highest BCUT2D eigenvalue weighted by molar-refractivity contribution is 6.01. The molecule has 202 valence electrons. The smallest absolute Gasteiger partial charge is 0.360 e. The lowest BCUT2D eigenvalue weighted by Gasteiger charge is -2.35. The second-order valence-corrected chi connectivity index (χ2v) is 10.1. The SMILES string of the molecule is CCCc1onc(C)c1C(=O)N1CCCCC1c1cc(NC(=O)C2(c3ccc(C(F)(F)F)cc3)CC2)n[nH]1. The third kappa shape index (κ3) is 4.81. The number of benzene rings is 1. The fourth-order valence-corrected chi connectivity index (χ4v) is 5.29. The zero-order chi connectivity index (χ0) is 27.1. The molecule has 0 bridgehead atoms. The summed E-state index contributed by atoms with van der Waals surface area (Å²) in [7, 11) is 0. The second-order valence-electron chi connectivity index (χ2n) is 10.1. The van der Waals surface area contributed by atoms with Crippen molar-refractivity contribution in [3.8, 4) is 0 Å². The van der Waals surface area contributed by atoms with E-state index in [1.54, 1.807) is 13.0 Å². The minimum absolute atomic E-state index is 0.128. The normalized spacial score (nSPS) is 18.9. The van der Waals surface area contributed by atoms with Crippen LogP contribution in [0, 0.1) is 6.92 Å². The summed E-state index contributed by atoms with van der Waals surface area (Å²) in [6.45, 7) is 4.36. The van der Waals surface area contributed by atoms with E-state index in [0.717, 1.165) is 37.8 Å². The molecule has 1 saturated carbocycles. The van der Waals surface area contributed by atoms with Crippen molar-refractivity contribution in [2.45, 2.75) is 76.4 Å². The van der Waals surface area contributed by atoms with Crippen molar-refractivity contribution in [1.82, 2.24) is 20.3 Å². The fraction of sp³-hybridized carbons (Fsp3) is 0.481. The largest absolute Gasteiger partial charge is 0.416 e. The average molecular weight is 530 g/mol. The first kappa shape index (κ1) is 26.0. The Morgan fingerprint density at radius 1 is 1.21 bits per heavy atom. The van der Waals surface area contributed by atoms with E-state index in [4.69, 9.17) is 4.52 Å². The van der Waals surface area contributed by atoms with Gasteiger partial charge in [-0.1, -0.05) is 24.2 Å². The predicted octanol–water partition coefficient (Wildman–Crippen LogP) is 5.72. The van der Waals surface area contributed by atoms with Crippen molar-refractivity contribution < 1.29 is 27.3 Å². The van der Waals surface area contributed by atoms with Gasteiger partial charge in [0.25, 0.3) is 5.91 Å². The number of H-pyrrole nitrogens is 1. The molecule has 5 rings (SSSR count). The van der Waals surface area contributed by atoms with Gasteiger partial charge in [-0.3, -0.25) is 14.7 Å². The molecule has 8 nitrogen and oxygen atoms in total. The summed E-state index contributed by atoms with van der Waals surface area (Å²) >= 11 is 0. The zero-order valence-electron chi connectivity index (χ0n) is 21.3. The lowest BCUT2D eigenvalue weighted by atomic mass is 9.94. The number of carbonyl (C=O) groups is 2. The summed E-state index contributed by atoms with van der Waals surface area (Å²) in [5.74, 6) is 0.469. The van der Waals surface area contributed by atoms with Crippen LogP contribution in [0.25, 0.3) is 0 Å². The van der Waals surface area contributed by atoms with Crippen molar-refractivity contribution >= 4 is 17.6 Å². The van der Waals surface area contributed by atoms with Crippen LogP contribution in [-0.4, -0.2) is 38.6 Å². The first-order valence-corrected chi connectivity index (χ1v) is 12.9. The molecule has 2 N–H and O–H groups in total. The van der Waals surface area contributed by atoms with Gasteiger partial charge in [-0.05, 0) is 63.1 Å². The van der Waals surface area contributed by atoms with Crippen LogP contribution < -0.4 is 5.32 Å². The number of amides is 2. The number of carbonyl (C=O) groups excluding carboxylic acids is 2. The molecule has 38 heavy (non-hydrogen) atoms. The van der Waals surface area contributed by atoms with E-state index in [0.29, 0.717) is 59.9 Å². The summed E-state index contributed by atoms with van der Waals surface area (Å²) in [5, 5.41) is 14.1. The van der Waals surface area contributed by atoms with Crippen LogP contribution in [0.3, 0.4) is 0 Å². The third-order valence-electron chi connectivity index (χ3n) is 7.54. The molecule has 2 aromatic heterocycles. The highest BCUT2D eigenvalue weighted by Crippen LogP contribution is 2.49. The highest BCUT2D eigenvalue weighted by atomic mass is 19.4. The molecule has 0 radical (unpaired) electrons. The van der Waals surface area contributed by atoms with Crippen LogP contribution in [0.15, 0.2) is 34.9 Å². The van der Waals surface area contributed by atoms with Gasteiger partial charge in [0.15, 0.2) is 5.82 Å². The lowest BCUT2D eigenvalue weighted by molar-refractivity contribution is -0.137. The van der Waals surface area contributed by atoms with Crippen molar-refractivity contribution in [1.29, 1.82) is 0 Å². The number of nitrogens with one attached hydrogen (secondary N) is 2. The monoisotopic (exact) mass is 529 g/mol. The maximum absolute atomic E-state index is 13.6. The molecule has 1 aromatic carbocycles. The minimum Gasteiger partial charge on any atom is -0.360 e. The fourth-order valence-electron chi connectivity index (χ4n) is 5.29. The average Bonchev–Trinajstić information content (AvgIpc) is 3.46. The van der Waals surface area contributed by atoms with Crippen molar-refractivity contribution in [3.63, 3.8) is 0 Å². The number of piperidine rings is 1. The second kappa shape index (κ2) is 9.92. The summed E-state index contributed by atoms with van der Waals surface area (Å²) in [5.41, 5.74) is 0.729. The Labute approximate surface area is 218 Å². The summed E-state index contributed by atoms with van der Waals surface area (Å²) in [4.78, 5) is 28.6. The Balaban J connectivity index is 1.32. The molecule has 11 heteroatoms. The number of hydrogen-bond acceptors (Lipinski definition) is 5. The number of rotatable bonds is 7. The molecule has 1 aliphatic heterocycles. The maximum atomic E-state index is 13.6. The van der Waals surface area contributed by atoms with Crippen LogP contribution in [0.1, 0.15) is 90.1 Å². The van der Waals surface area contributed by atoms with Crippen LogP contribution in [0.2, 0.25) is 0 Å². The number of anilines is 1. The Bertz CT molecular complexity index is 1320. The van der Waals surface area contributed by atoms with Gasteiger partial charge in [0.2, 0.25) is 5.91 Å². The molecule has 2 fully saturated rings. The van der Waals surface area contributed by atoms with Gasteiger partial charge in [0.1, 0.15) is 11.3 Å². The van der Waals surface area contributed by atoms with Gasteiger partial charge >= 0.3 is 6.18 Å². The van der Waals surface area contributed by atoms with Crippen LogP contribution in [-0.2, 0) is 22.8 Å².